The van der Waals surface area contributed by atoms with Crippen LogP contribution >= 0.6 is 0 Å². The number of allylic oxidation sites excluding steroid dienone is 9. The van der Waals surface area contributed by atoms with E-state index >= 15 is 0 Å². The summed E-state index contributed by atoms with van der Waals surface area (Å²) >= 11 is 0. The highest BCUT2D eigenvalue weighted by Crippen LogP contribution is 2.13. The van der Waals surface area contributed by atoms with Crippen molar-refractivity contribution in [2.75, 3.05) is 5.75 Å². The molecule has 290 valence electrons. The lowest BCUT2D eigenvalue weighted by molar-refractivity contribution is -0.122. The largest absolute Gasteiger partial charge is 0.387 e. The van der Waals surface area contributed by atoms with Gasteiger partial charge in [0.2, 0.25) is 5.91 Å². The Morgan fingerprint density at radius 3 is 1.42 bits per heavy atom. The molecule has 0 aromatic heterocycles. The first-order valence-electron chi connectivity index (χ1n) is 20.5. The SMILES string of the molecule is CCCCC/C=C\C/C=C\CCCCCCCCCCCC(=O)NC(CS(=O)(=O)O)C(O)/C=C/CC/C=C/CC/C=C/CCCCCCCC. The first-order chi connectivity index (χ1) is 24.3. The van der Waals surface area contributed by atoms with Crippen molar-refractivity contribution in [3.05, 3.63) is 60.8 Å². The van der Waals surface area contributed by atoms with Crippen molar-refractivity contribution in [2.45, 2.75) is 199 Å². The van der Waals surface area contributed by atoms with Crippen molar-refractivity contribution in [1.82, 2.24) is 5.32 Å². The first kappa shape index (κ1) is 48.0. The van der Waals surface area contributed by atoms with Crippen molar-refractivity contribution in [2.24, 2.45) is 0 Å². The molecule has 0 bridgehead atoms. The number of hydrogen-bond acceptors (Lipinski definition) is 4. The highest BCUT2D eigenvalue weighted by atomic mass is 32.2. The molecule has 0 aliphatic rings. The molecule has 0 saturated heterocycles. The molecule has 0 saturated carbocycles. The minimum absolute atomic E-state index is 0.277. The molecule has 50 heavy (non-hydrogen) atoms. The first-order valence-corrected chi connectivity index (χ1v) is 22.1. The minimum atomic E-state index is -4.36. The van der Waals surface area contributed by atoms with Gasteiger partial charge in [-0.2, -0.15) is 8.42 Å². The zero-order chi connectivity index (χ0) is 36.8. The third-order valence-corrected chi connectivity index (χ3v) is 9.67. The van der Waals surface area contributed by atoms with E-state index < -0.39 is 28.0 Å². The molecule has 2 unspecified atom stereocenters. The summed E-state index contributed by atoms with van der Waals surface area (Å²) in [5, 5.41) is 13.2. The van der Waals surface area contributed by atoms with Crippen LogP contribution in [0.4, 0.5) is 0 Å². The van der Waals surface area contributed by atoms with Crippen molar-refractivity contribution >= 4 is 16.0 Å². The lowest BCUT2D eigenvalue weighted by atomic mass is 10.1. The quantitative estimate of drug-likeness (QED) is 0.0340. The Bertz CT molecular complexity index is 1010. The summed E-state index contributed by atoms with van der Waals surface area (Å²) in [6.07, 6.45) is 50.6. The van der Waals surface area contributed by atoms with Crippen molar-refractivity contribution < 1.29 is 22.9 Å². The maximum atomic E-state index is 12.5. The Balaban J connectivity index is 4.00. The van der Waals surface area contributed by atoms with Crippen LogP contribution in [-0.2, 0) is 14.9 Å². The highest BCUT2D eigenvalue weighted by molar-refractivity contribution is 7.85. The monoisotopic (exact) mass is 720 g/mol. The zero-order valence-corrected chi connectivity index (χ0v) is 33.1. The number of carbonyl (C=O) groups excluding carboxylic acids is 1. The average molecular weight is 720 g/mol. The van der Waals surface area contributed by atoms with Crippen LogP contribution in [0, 0.1) is 0 Å². The van der Waals surface area contributed by atoms with Crippen molar-refractivity contribution in [3.63, 3.8) is 0 Å². The summed E-state index contributed by atoms with van der Waals surface area (Å²) in [5.41, 5.74) is 0. The number of aliphatic hydroxyl groups excluding tert-OH is 1. The van der Waals surface area contributed by atoms with Gasteiger partial charge in [0.25, 0.3) is 10.1 Å². The van der Waals surface area contributed by atoms with Crippen LogP contribution in [-0.4, -0.2) is 41.9 Å². The fraction of sp³-hybridized carbons (Fsp3) is 0.744. The van der Waals surface area contributed by atoms with Gasteiger partial charge in [-0.05, 0) is 77.0 Å². The molecule has 0 rings (SSSR count). The molecular weight excluding hydrogens is 643 g/mol. The standard InChI is InChI=1S/C43H77NO5S/c1-3-5-7-9-11-13-15-17-19-21-22-23-25-27-29-31-33-35-37-39-43(46)44-41(40-50(47,48)49)42(45)38-36-34-32-30-28-26-24-20-18-16-14-12-10-8-6-4-2/h11,13,17-20,28,30,36,38,41-42,45H,3-10,12,14-16,21-27,29,31-35,37,39-40H2,1-2H3,(H,44,46)(H,47,48,49)/b13-11-,19-17-,20-18+,30-28+,38-36+. The minimum Gasteiger partial charge on any atom is -0.387 e. The van der Waals surface area contributed by atoms with Crippen LogP contribution < -0.4 is 5.32 Å². The second-order valence-corrected chi connectivity index (χ2v) is 15.4. The predicted molar refractivity (Wildman–Crippen MR) is 216 cm³/mol. The molecule has 0 aromatic carbocycles. The second kappa shape index (κ2) is 36.8. The van der Waals surface area contributed by atoms with Crippen LogP contribution in [0.5, 0.6) is 0 Å². The Labute approximate surface area is 309 Å². The summed E-state index contributed by atoms with van der Waals surface area (Å²) < 4.78 is 32.5. The maximum Gasteiger partial charge on any atom is 0.267 e. The van der Waals surface area contributed by atoms with Gasteiger partial charge in [0.15, 0.2) is 0 Å². The number of amides is 1. The number of unbranched alkanes of at least 4 members (excludes halogenated alkanes) is 20. The fourth-order valence-corrected chi connectivity index (χ4v) is 6.54. The topological polar surface area (TPSA) is 104 Å². The normalized spacial score (nSPS) is 13.9. The van der Waals surface area contributed by atoms with E-state index in [1.165, 1.54) is 115 Å². The van der Waals surface area contributed by atoms with E-state index in [1.54, 1.807) is 6.08 Å². The van der Waals surface area contributed by atoms with E-state index in [0.717, 1.165) is 51.4 Å². The molecular formula is C43H77NO5S. The summed E-state index contributed by atoms with van der Waals surface area (Å²) in [6.45, 7) is 4.48. The molecule has 3 N–H and O–H groups in total. The molecule has 0 fully saturated rings. The van der Waals surface area contributed by atoms with E-state index in [2.05, 4.69) is 67.8 Å². The van der Waals surface area contributed by atoms with E-state index in [9.17, 15) is 22.9 Å². The average Bonchev–Trinajstić information content (AvgIpc) is 3.08. The number of rotatable bonds is 36. The highest BCUT2D eigenvalue weighted by Gasteiger charge is 2.24. The molecule has 0 aromatic rings. The van der Waals surface area contributed by atoms with Gasteiger partial charge in [-0.1, -0.05) is 164 Å². The molecule has 0 spiro atoms. The number of aliphatic hydroxyl groups is 1. The summed E-state index contributed by atoms with van der Waals surface area (Å²) in [5.74, 6) is -1.02. The van der Waals surface area contributed by atoms with E-state index in [1.807, 2.05) is 0 Å². The van der Waals surface area contributed by atoms with Crippen LogP contribution in [0.15, 0.2) is 60.8 Å². The fourth-order valence-electron chi connectivity index (χ4n) is 5.80. The lowest BCUT2D eigenvalue weighted by Crippen LogP contribution is -2.46. The molecule has 6 nitrogen and oxygen atoms in total. The Morgan fingerprint density at radius 2 is 0.920 bits per heavy atom. The number of carbonyl (C=O) groups is 1. The van der Waals surface area contributed by atoms with Crippen LogP contribution in [0.3, 0.4) is 0 Å². The number of hydrogen-bond donors (Lipinski definition) is 3. The summed E-state index contributed by atoms with van der Waals surface area (Å²) in [4.78, 5) is 12.5. The maximum absolute atomic E-state index is 12.5. The third-order valence-electron chi connectivity index (χ3n) is 8.89. The zero-order valence-electron chi connectivity index (χ0n) is 32.3. The van der Waals surface area contributed by atoms with E-state index in [-0.39, 0.29) is 12.3 Å². The molecule has 0 radical (unpaired) electrons. The Kier molecular flexibility index (Phi) is 35.4. The van der Waals surface area contributed by atoms with Crippen LogP contribution in [0.1, 0.15) is 187 Å². The van der Waals surface area contributed by atoms with Gasteiger partial charge in [-0.15, -0.1) is 0 Å². The third kappa shape index (κ3) is 37.3. The van der Waals surface area contributed by atoms with Crippen molar-refractivity contribution in [3.8, 4) is 0 Å². The predicted octanol–water partition coefficient (Wildman–Crippen LogP) is 12.1. The molecule has 0 heterocycles. The molecule has 0 aliphatic carbocycles. The lowest BCUT2D eigenvalue weighted by Gasteiger charge is -2.21. The Hall–Kier alpha value is -1.96. The molecule has 0 aliphatic heterocycles. The smallest absolute Gasteiger partial charge is 0.267 e. The van der Waals surface area contributed by atoms with Gasteiger partial charge in [0, 0.05) is 6.42 Å². The molecule has 7 heteroatoms. The van der Waals surface area contributed by atoms with Gasteiger partial charge in [-0.3, -0.25) is 9.35 Å². The number of nitrogens with one attached hydrogen (secondary N) is 1. The molecule has 2 atom stereocenters. The Morgan fingerprint density at radius 1 is 0.540 bits per heavy atom. The van der Waals surface area contributed by atoms with Gasteiger partial charge >= 0.3 is 0 Å². The van der Waals surface area contributed by atoms with Gasteiger partial charge < -0.3 is 10.4 Å². The van der Waals surface area contributed by atoms with Crippen LogP contribution in [0.2, 0.25) is 0 Å². The van der Waals surface area contributed by atoms with Gasteiger partial charge in [-0.25, -0.2) is 0 Å². The van der Waals surface area contributed by atoms with E-state index in [4.69, 9.17) is 0 Å². The second-order valence-electron chi connectivity index (χ2n) is 13.9. The van der Waals surface area contributed by atoms with E-state index in [0.29, 0.717) is 6.42 Å². The van der Waals surface area contributed by atoms with Gasteiger partial charge in [0.05, 0.1) is 17.9 Å². The van der Waals surface area contributed by atoms with Crippen LogP contribution in [0.25, 0.3) is 0 Å². The summed E-state index contributed by atoms with van der Waals surface area (Å²) in [6, 6.07) is -1.08. The van der Waals surface area contributed by atoms with Crippen molar-refractivity contribution in [1.29, 1.82) is 0 Å². The van der Waals surface area contributed by atoms with Gasteiger partial charge in [0.1, 0.15) is 0 Å². The summed E-state index contributed by atoms with van der Waals surface area (Å²) in [7, 11) is -4.36. The molecule has 1 amide bonds.